The van der Waals surface area contributed by atoms with Crippen LogP contribution < -0.4 is 11.2 Å². The summed E-state index contributed by atoms with van der Waals surface area (Å²) in [6, 6.07) is 0.934. The molecule has 0 aromatic carbocycles. The van der Waals surface area contributed by atoms with Gasteiger partial charge in [-0.2, -0.15) is 4.31 Å². The van der Waals surface area contributed by atoms with E-state index in [-0.39, 0.29) is 0 Å². The van der Waals surface area contributed by atoms with Crippen LogP contribution in [0.3, 0.4) is 0 Å². The number of H-pyrrole nitrogens is 1. The van der Waals surface area contributed by atoms with Crippen LogP contribution in [0.1, 0.15) is 6.23 Å². The van der Waals surface area contributed by atoms with Gasteiger partial charge >= 0.3 is 21.3 Å². The molecule has 0 aliphatic carbocycles. The fraction of sp³-hybridized carbons (Fsp3) is 0.733. The first kappa shape index (κ1) is 29.2. The number of hydrogen-bond acceptors (Lipinski definition) is 15. The number of aromatic nitrogens is 2. The third-order valence-corrected chi connectivity index (χ3v) is 7.76. The van der Waals surface area contributed by atoms with E-state index in [1.165, 1.54) is 0 Å². The monoisotopic (exact) mass is 566 g/mol. The fourth-order valence-corrected chi connectivity index (χ4v) is 5.40. The van der Waals surface area contributed by atoms with Gasteiger partial charge in [-0.3, -0.25) is 23.4 Å². The minimum atomic E-state index is -5.41. The molecule has 0 saturated carbocycles. The Bertz CT molecular complexity index is 1130. The largest absolute Gasteiger partial charge is 0.481 e. The Labute approximate surface area is 199 Å². The van der Waals surface area contributed by atoms with Crippen molar-refractivity contribution in [2.45, 2.75) is 55.2 Å². The summed E-state index contributed by atoms with van der Waals surface area (Å²) in [5.41, 5.74) is -1.73. The molecule has 2 fully saturated rings. The van der Waals surface area contributed by atoms with E-state index in [9.17, 15) is 59.1 Å². The highest BCUT2D eigenvalue weighted by atomic mass is 31.3. The van der Waals surface area contributed by atoms with Gasteiger partial charge in [0, 0.05) is 12.3 Å². The Hall–Kier alpha value is -1.38. The standard InChI is InChI=1S/C15H24N2O17P2/c18-7-1-2-17(15(25)16-7)13-11(22)9(20)5(32-13)3-30-35(26,27)34-36(28,29)31-4-6-8(19)10(21)12(23)14(24)33-6/h1-2,5-6,8-14,19-24H,3-4H2,(H,26,27)(H,28,29)(H,16,18,25)/t5-,6-,8-,9-,10+,11-,12+,13-,14+/m1/s1. The lowest BCUT2D eigenvalue weighted by Gasteiger charge is -2.38. The zero-order chi connectivity index (χ0) is 27.0. The van der Waals surface area contributed by atoms with Crippen LogP contribution in [0.5, 0.6) is 0 Å². The van der Waals surface area contributed by atoms with Crippen molar-refractivity contribution in [1.82, 2.24) is 9.55 Å². The number of hydrogen-bond donors (Lipinski definition) is 9. The van der Waals surface area contributed by atoms with E-state index < -0.39 is 95.4 Å². The van der Waals surface area contributed by atoms with Gasteiger partial charge in [-0.05, 0) is 0 Å². The molecule has 3 heterocycles. The molecule has 2 unspecified atom stereocenters. The minimum Gasteiger partial charge on any atom is -0.387 e. The third-order valence-electron chi connectivity index (χ3n) is 5.16. The zero-order valence-electron chi connectivity index (χ0n) is 17.9. The zero-order valence-corrected chi connectivity index (χ0v) is 19.6. The summed E-state index contributed by atoms with van der Waals surface area (Å²) in [7, 11) is -10.8. The second-order valence-corrected chi connectivity index (χ2v) is 10.8. The molecule has 36 heavy (non-hydrogen) atoms. The summed E-state index contributed by atoms with van der Waals surface area (Å²) in [4.78, 5) is 44.4. The molecule has 2 aliphatic rings. The van der Waals surface area contributed by atoms with Gasteiger partial charge < -0.3 is 49.9 Å². The highest BCUT2D eigenvalue weighted by molar-refractivity contribution is 7.61. The van der Waals surface area contributed by atoms with Crippen LogP contribution in [0.2, 0.25) is 0 Å². The van der Waals surface area contributed by atoms with Crippen LogP contribution in [0.15, 0.2) is 21.9 Å². The molecule has 0 radical (unpaired) electrons. The van der Waals surface area contributed by atoms with Gasteiger partial charge in [0.15, 0.2) is 12.5 Å². The summed E-state index contributed by atoms with van der Waals surface area (Å²) in [5.74, 6) is 0. The van der Waals surface area contributed by atoms with Crippen LogP contribution >= 0.6 is 15.6 Å². The number of nitrogens with zero attached hydrogens (tertiary/aromatic N) is 1. The number of phosphoric acid groups is 2. The second-order valence-electron chi connectivity index (χ2n) is 7.71. The second kappa shape index (κ2) is 11.2. The van der Waals surface area contributed by atoms with Gasteiger partial charge in [0.05, 0.1) is 13.2 Å². The molecule has 1 aromatic rings. The Morgan fingerprint density at radius 1 is 0.833 bits per heavy atom. The van der Waals surface area contributed by atoms with E-state index >= 15 is 0 Å². The van der Waals surface area contributed by atoms with Crippen LogP contribution in [0, 0.1) is 0 Å². The first-order valence-electron chi connectivity index (χ1n) is 9.98. The van der Waals surface area contributed by atoms with Crippen molar-refractivity contribution in [2.75, 3.05) is 13.2 Å². The average molecular weight is 566 g/mol. The molecule has 2 aliphatic heterocycles. The van der Waals surface area contributed by atoms with Gasteiger partial charge in [0.1, 0.15) is 42.7 Å². The van der Waals surface area contributed by atoms with Gasteiger partial charge in [-0.1, -0.05) is 0 Å². The topological polar surface area (TPSA) is 297 Å². The average Bonchev–Trinajstić information content (AvgIpc) is 3.05. The van der Waals surface area contributed by atoms with Gasteiger partial charge in [0.2, 0.25) is 0 Å². The SMILES string of the molecule is O=c1ccn([C@@H]2O[C@H](COP(=O)(O)OP(=O)(O)OC[C@H]3O[C@H](O)[C@@H](O)[C@@H](O)[C@@H]3O)[C@@H](O)[C@H]2O)c(=O)[nH]1. The van der Waals surface area contributed by atoms with Crippen LogP contribution in [-0.4, -0.2) is 112 Å². The molecule has 19 nitrogen and oxygen atoms in total. The molecular formula is C15H24N2O17P2. The summed E-state index contributed by atoms with van der Waals surface area (Å²) in [6.45, 7) is -2.05. The molecule has 2 saturated heterocycles. The maximum Gasteiger partial charge on any atom is 0.481 e. The number of aromatic amines is 1. The Morgan fingerprint density at radius 3 is 1.92 bits per heavy atom. The maximum absolute atomic E-state index is 12.1. The van der Waals surface area contributed by atoms with Crippen LogP contribution in [0.4, 0.5) is 0 Å². The lowest BCUT2D eigenvalue weighted by molar-refractivity contribution is -0.285. The number of rotatable bonds is 9. The Kier molecular flexibility index (Phi) is 9.05. The molecule has 21 heteroatoms. The lowest BCUT2D eigenvalue weighted by atomic mass is 10.00. The van der Waals surface area contributed by atoms with Crippen molar-refractivity contribution in [3.8, 4) is 0 Å². The number of phosphoric ester groups is 2. The van der Waals surface area contributed by atoms with Crippen LogP contribution in [-0.2, 0) is 32.0 Å². The van der Waals surface area contributed by atoms with E-state index in [2.05, 4.69) is 13.4 Å². The third kappa shape index (κ3) is 6.73. The predicted octanol–water partition coefficient (Wildman–Crippen LogP) is -4.79. The first-order valence-corrected chi connectivity index (χ1v) is 13.0. The quantitative estimate of drug-likeness (QED) is 0.127. The molecule has 206 valence electrons. The van der Waals surface area contributed by atoms with Gasteiger partial charge in [-0.15, -0.1) is 0 Å². The summed E-state index contributed by atoms with van der Waals surface area (Å²) >= 11 is 0. The number of aliphatic hydroxyl groups is 6. The highest BCUT2D eigenvalue weighted by Gasteiger charge is 2.47. The molecule has 3 rings (SSSR count). The molecule has 0 spiro atoms. The van der Waals surface area contributed by atoms with Crippen molar-refractivity contribution in [3.63, 3.8) is 0 Å². The number of ether oxygens (including phenoxy) is 2. The van der Waals surface area contributed by atoms with Crippen molar-refractivity contribution in [3.05, 3.63) is 33.1 Å². The first-order chi connectivity index (χ1) is 16.6. The van der Waals surface area contributed by atoms with E-state index in [1.807, 2.05) is 4.98 Å². The molecule has 9 N–H and O–H groups in total. The highest BCUT2D eigenvalue weighted by Crippen LogP contribution is 2.60. The number of aliphatic hydroxyl groups excluding tert-OH is 6. The molecular weight excluding hydrogens is 542 g/mol. The van der Waals surface area contributed by atoms with E-state index in [1.54, 1.807) is 0 Å². The summed E-state index contributed by atoms with van der Waals surface area (Å²) < 4.78 is 47.8. The summed E-state index contributed by atoms with van der Waals surface area (Å²) in [5, 5.41) is 58.4. The number of nitrogens with one attached hydrogen (secondary N) is 1. The summed E-state index contributed by atoms with van der Waals surface area (Å²) in [6.07, 6.45) is -14.9. The van der Waals surface area contributed by atoms with E-state index in [0.717, 1.165) is 16.8 Å². The molecule has 1 aromatic heterocycles. The molecule has 11 atom stereocenters. The predicted molar refractivity (Wildman–Crippen MR) is 109 cm³/mol. The lowest BCUT2D eigenvalue weighted by Crippen LogP contribution is -2.58. The normalized spacial score (nSPS) is 38.4. The van der Waals surface area contributed by atoms with Gasteiger partial charge in [-0.25, -0.2) is 13.9 Å². The van der Waals surface area contributed by atoms with Gasteiger partial charge in [0.25, 0.3) is 5.56 Å². The van der Waals surface area contributed by atoms with Crippen LogP contribution in [0.25, 0.3) is 0 Å². The molecule has 0 amide bonds. The van der Waals surface area contributed by atoms with E-state index in [4.69, 9.17) is 9.47 Å². The van der Waals surface area contributed by atoms with Crippen molar-refractivity contribution in [2.24, 2.45) is 0 Å². The van der Waals surface area contributed by atoms with Crippen molar-refractivity contribution >= 4 is 15.6 Å². The Morgan fingerprint density at radius 2 is 1.36 bits per heavy atom. The Balaban J connectivity index is 1.56. The van der Waals surface area contributed by atoms with Crippen molar-refractivity contribution in [1.29, 1.82) is 0 Å². The maximum atomic E-state index is 12.1. The van der Waals surface area contributed by atoms with E-state index in [0.29, 0.717) is 0 Å². The minimum absolute atomic E-state index is 0.731. The molecule has 0 bridgehead atoms. The van der Waals surface area contributed by atoms with Crippen molar-refractivity contribution < 1.29 is 72.4 Å². The fourth-order valence-electron chi connectivity index (χ4n) is 3.31. The smallest absolute Gasteiger partial charge is 0.387 e.